The van der Waals surface area contributed by atoms with E-state index in [2.05, 4.69) is 29.6 Å². The van der Waals surface area contributed by atoms with Crippen LogP contribution in [0, 0.1) is 0 Å². The third kappa shape index (κ3) is 6.42. The molecule has 0 unspecified atom stereocenters. The quantitative estimate of drug-likeness (QED) is 0.586. The Morgan fingerprint density at radius 1 is 1.24 bits per heavy atom. The highest BCUT2D eigenvalue weighted by molar-refractivity contribution is 6.18. The van der Waals surface area contributed by atoms with Gasteiger partial charge in [-0.3, -0.25) is 0 Å². The van der Waals surface area contributed by atoms with Gasteiger partial charge in [-0.1, -0.05) is 24.3 Å². The molecule has 0 fully saturated rings. The summed E-state index contributed by atoms with van der Waals surface area (Å²) in [5.41, 5.74) is 2.89. The number of benzene rings is 1. The monoisotopic (exact) mass is 311 g/mol. The fraction of sp³-hybridized carbons (Fsp3) is 0.333. The number of alkyl halides is 1. The maximum absolute atomic E-state index is 9.55. The molecule has 0 aliphatic carbocycles. The molecule has 0 radical (unpaired) electrons. The van der Waals surface area contributed by atoms with Gasteiger partial charge in [-0.25, -0.2) is 9.59 Å². The van der Waals surface area contributed by atoms with Crippen LogP contribution < -0.4 is 5.32 Å². The Morgan fingerprint density at radius 2 is 1.86 bits per heavy atom. The summed E-state index contributed by atoms with van der Waals surface area (Å²) in [5, 5.41) is 19.0. The second-order valence-electron chi connectivity index (χ2n) is 4.51. The van der Waals surface area contributed by atoms with Crippen LogP contribution in [0.3, 0.4) is 0 Å². The number of hydrogen-bond acceptors (Lipinski definition) is 3. The number of carboxylic acid groups (broad SMARTS) is 2. The van der Waals surface area contributed by atoms with Gasteiger partial charge in [0, 0.05) is 30.5 Å². The highest BCUT2D eigenvalue weighted by atomic mass is 35.5. The van der Waals surface area contributed by atoms with E-state index >= 15 is 0 Å². The van der Waals surface area contributed by atoms with Gasteiger partial charge in [-0.2, -0.15) is 0 Å². The van der Waals surface area contributed by atoms with Crippen molar-refractivity contribution in [1.82, 2.24) is 5.32 Å². The topological polar surface area (TPSA) is 86.6 Å². The van der Waals surface area contributed by atoms with Crippen LogP contribution in [0.25, 0.3) is 0 Å². The first kappa shape index (κ1) is 17.2. The van der Waals surface area contributed by atoms with Crippen molar-refractivity contribution in [2.75, 3.05) is 19.0 Å². The van der Waals surface area contributed by atoms with E-state index in [0.29, 0.717) is 23.9 Å². The Labute approximate surface area is 128 Å². The number of carbonyl (C=O) groups is 2. The molecule has 6 heteroatoms. The van der Waals surface area contributed by atoms with Gasteiger partial charge in [-0.15, -0.1) is 11.6 Å². The summed E-state index contributed by atoms with van der Waals surface area (Å²) in [7, 11) is 0. The molecule has 0 saturated heterocycles. The first-order valence-corrected chi connectivity index (χ1v) is 7.06. The molecule has 3 N–H and O–H groups in total. The minimum atomic E-state index is -1.26. The summed E-state index contributed by atoms with van der Waals surface area (Å²) >= 11 is 5.94. The van der Waals surface area contributed by atoms with Crippen LogP contribution in [0.1, 0.15) is 17.0 Å². The molecular formula is C15H18ClNO4. The molecule has 1 heterocycles. The molecule has 0 aromatic heterocycles. The van der Waals surface area contributed by atoms with Gasteiger partial charge in [0.25, 0.3) is 0 Å². The van der Waals surface area contributed by atoms with Crippen LogP contribution in [0.5, 0.6) is 0 Å². The number of hydrogen-bond donors (Lipinski definition) is 3. The minimum Gasteiger partial charge on any atom is -0.478 e. The minimum absolute atomic E-state index is 0.486. The van der Waals surface area contributed by atoms with Gasteiger partial charge < -0.3 is 15.5 Å². The van der Waals surface area contributed by atoms with Crippen molar-refractivity contribution in [2.24, 2.45) is 0 Å². The molecule has 114 valence electrons. The van der Waals surface area contributed by atoms with Crippen molar-refractivity contribution in [3.05, 3.63) is 47.5 Å². The Hall–Kier alpha value is -1.85. The van der Waals surface area contributed by atoms with E-state index in [-0.39, 0.29) is 0 Å². The van der Waals surface area contributed by atoms with Gasteiger partial charge >= 0.3 is 11.9 Å². The highest BCUT2D eigenvalue weighted by Crippen LogP contribution is 2.23. The summed E-state index contributed by atoms with van der Waals surface area (Å²) in [5.74, 6) is -1.32. The van der Waals surface area contributed by atoms with E-state index < -0.39 is 11.9 Å². The largest absolute Gasteiger partial charge is 0.478 e. The van der Waals surface area contributed by atoms with E-state index in [9.17, 15) is 9.59 Å². The number of halogens is 1. The van der Waals surface area contributed by atoms with E-state index in [4.69, 9.17) is 21.8 Å². The standard InChI is InChI=1S/C11H14ClN.C4H4O4/c12-7-10-8-13-6-5-9-3-1-2-4-11(9)10;5-3(6)1-2-4(7)8/h1-4,10,13H,5-8H2;1-2H,(H,5,6)(H,7,8)/b;2-1-/t10-;/m1./s1. The van der Waals surface area contributed by atoms with E-state index in [1.807, 2.05) is 0 Å². The molecule has 21 heavy (non-hydrogen) atoms. The molecule has 0 spiro atoms. The maximum Gasteiger partial charge on any atom is 0.328 e. The van der Waals surface area contributed by atoms with E-state index in [0.717, 1.165) is 19.5 Å². The third-order valence-electron chi connectivity index (χ3n) is 3.01. The van der Waals surface area contributed by atoms with Gasteiger partial charge in [0.15, 0.2) is 0 Å². The molecule has 0 saturated carbocycles. The molecule has 0 amide bonds. The maximum atomic E-state index is 9.55. The zero-order valence-electron chi connectivity index (χ0n) is 11.5. The fourth-order valence-corrected chi connectivity index (χ4v) is 2.33. The van der Waals surface area contributed by atoms with Crippen molar-refractivity contribution in [3.8, 4) is 0 Å². The second kappa shape index (κ2) is 9.15. The second-order valence-corrected chi connectivity index (χ2v) is 4.82. The lowest BCUT2D eigenvalue weighted by molar-refractivity contribution is -0.134. The molecule has 1 aromatic rings. The molecule has 1 aliphatic rings. The SMILES string of the molecule is ClC[C@@H]1CNCCc2ccccc21.O=C(O)/C=C\C(=O)O. The number of rotatable bonds is 3. The van der Waals surface area contributed by atoms with Crippen LogP contribution >= 0.6 is 11.6 Å². The highest BCUT2D eigenvalue weighted by Gasteiger charge is 2.16. The lowest BCUT2D eigenvalue weighted by Gasteiger charge is -2.13. The van der Waals surface area contributed by atoms with E-state index in [1.165, 1.54) is 11.1 Å². The zero-order valence-corrected chi connectivity index (χ0v) is 12.2. The van der Waals surface area contributed by atoms with Gasteiger partial charge in [-0.05, 0) is 24.1 Å². The van der Waals surface area contributed by atoms with Gasteiger partial charge in [0.1, 0.15) is 0 Å². The number of fused-ring (bicyclic) bond motifs is 1. The smallest absolute Gasteiger partial charge is 0.328 e. The first-order chi connectivity index (χ1) is 10.0. The molecular weight excluding hydrogens is 294 g/mol. The summed E-state index contributed by atoms with van der Waals surface area (Å²) < 4.78 is 0. The van der Waals surface area contributed by atoms with Crippen molar-refractivity contribution >= 4 is 23.5 Å². The van der Waals surface area contributed by atoms with Crippen LogP contribution in [0.4, 0.5) is 0 Å². The summed E-state index contributed by atoms with van der Waals surface area (Å²) in [4.78, 5) is 19.1. The van der Waals surface area contributed by atoms with Crippen LogP contribution in [-0.2, 0) is 16.0 Å². The lowest BCUT2D eigenvalue weighted by Crippen LogP contribution is -2.20. The zero-order chi connectivity index (χ0) is 15.7. The molecule has 0 bridgehead atoms. The third-order valence-corrected chi connectivity index (χ3v) is 3.38. The van der Waals surface area contributed by atoms with Crippen molar-refractivity contribution in [2.45, 2.75) is 12.3 Å². The Kier molecular flexibility index (Phi) is 7.50. The first-order valence-electron chi connectivity index (χ1n) is 6.53. The Balaban J connectivity index is 0.000000240. The number of carboxylic acids is 2. The van der Waals surface area contributed by atoms with Gasteiger partial charge in [0.05, 0.1) is 0 Å². The summed E-state index contributed by atoms with van der Waals surface area (Å²) in [6.07, 6.45) is 2.24. The van der Waals surface area contributed by atoms with Crippen LogP contribution in [0.2, 0.25) is 0 Å². The lowest BCUT2D eigenvalue weighted by atomic mass is 9.95. The fourth-order valence-electron chi connectivity index (χ4n) is 2.05. The van der Waals surface area contributed by atoms with Crippen LogP contribution in [0.15, 0.2) is 36.4 Å². The van der Waals surface area contributed by atoms with E-state index in [1.54, 1.807) is 0 Å². The normalized spacial score (nSPS) is 17.3. The predicted molar refractivity (Wildman–Crippen MR) is 80.9 cm³/mol. The predicted octanol–water partition coefficient (Wildman–Crippen LogP) is 1.87. The van der Waals surface area contributed by atoms with Crippen molar-refractivity contribution in [1.29, 1.82) is 0 Å². The molecule has 5 nitrogen and oxygen atoms in total. The average molecular weight is 312 g/mol. The number of nitrogens with one attached hydrogen (secondary N) is 1. The van der Waals surface area contributed by atoms with Gasteiger partial charge in [0.2, 0.25) is 0 Å². The Morgan fingerprint density at radius 3 is 2.43 bits per heavy atom. The van der Waals surface area contributed by atoms with Crippen molar-refractivity contribution < 1.29 is 19.8 Å². The average Bonchev–Trinajstić information content (AvgIpc) is 2.67. The van der Waals surface area contributed by atoms with Crippen LogP contribution in [-0.4, -0.2) is 41.1 Å². The molecule has 1 aromatic carbocycles. The molecule has 1 atom stereocenters. The summed E-state index contributed by atoms with van der Waals surface area (Å²) in [6.45, 7) is 2.09. The number of aliphatic carboxylic acids is 2. The molecule has 1 aliphatic heterocycles. The van der Waals surface area contributed by atoms with Crippen molar-refractivity contribution in [3.63, 3.8) is 0 Å². The summed E-state index contributed by atoms with van der Waals surface area (Å²) in [6, 6.07) is 8.62. The Bertz CT molecular complexity index is 500. The molecule has 2 rings (SSSR count).